The molecule has 1 unspecified atom stereocenters. The molecule has 0 spiro atoms. The molecule has 0 radical (unpaired) electrons. The van der Waals surface area contributed by atoms with Crippen molar-refractivity contribution in [1.29, 1.82) is 0 Å². The van der Waals surface area contributed by atoms with E-state index in [2.05, 4.69) is 10.3 Å². The summed E-state index contributed by atoms with van der Waals surface area (Å²) < 4.78 is 20.4. The molecule has 1 aliphatic heterocycles. The number of aromatic nitrogens is 1. The van der Waals surface area contributed by atoms with Crippen LogP contribution in [-0.4, -0.2) is 40.3 Å². The van der Waals surface area contributed by atoms with Gasteiger partial charge in [0.1, 0.15) is 11.4 Å². The van der Waals surface area contributed by atoms with E-state index in [0.717, 1.165) is 30.0 Å². The van der Waals surface area contributed by atoms with E-state index < -0.39 is 47.0 Å². The van der Waals surface area contributed by atoms with Gasteiger partial charge in [-0.15, -0.1) is 0 Å². The predicted octanol–water partition coefficient (Wildman–Crippen LogP) is 2.05. The van der Waals surface area contributed by atoms with Gasteiger partial charge in [-0.25, -0.2) is 14.0 Å². The monoisotopic (exact) mass is 403 g/mol. The third kappa shape index (κ3) is 3.00. The first-order valence-electron chi connectivity index (χ1n) is 9.08. The van der Waals surface area contributed by atoms with E-state index in [-0.39, 0.29) is 17.0 Å². The number of carbonyl (C=O) groups is 3. The summed E-state index contributed by atoms with van der Waals surface area (Å²) in [5, 5.41) is 11.6. The molecular formula is C19H18FN3O6. The number of benzene rings is 1. The highest BCUT2D eigenvalue weighted by atomic mass is 19.1. The van der Waals surface area contributed by atoms with Gasteiger partial charge in [0.15, 0.2) is 6.23 Å². The van der Waals surface area contributed by atoms with Gasteiger partial charge in [-0.05, 0) is 31.7 Å². The number of hydrogen-bond donors (Lipinski definition) is 3. The highest BCUT2D eigenvalue weighted by Crippen LogP contribution is 2.49. The average molecular weight is 403 g/mol. The second kappa shape index (κ2) is 6.57. The highest BCUT2D eigenvalue weighted by molar-refractivity contribution is 5.99. The molecule has 1 aromatic heterocycles. The maximum absolute atomic E-state index is 15.2. The molecule has 1 saturated heterocycles. The number of pyridine rings is 1. The summed E-state index contributed by atoms with van der Waals surface area (Å²) >= 11 is 0. The Balaban J connectivity index is 1.93. The van der Waals surface area contributed by atoms with Crippen molar-refractivity contribution >= 4 is 34.6 Å². The van der Waals surface area contributed by atoms with E-state index in [1.807, 2.05) is 0 Å². The Bertz CT molecular complexity index is 1120. The van der Waals surface area contributed by atoms with Crippen molar-refractivity contribution < 1.29 is 28.6 Å². The van der Waals surface area contributed by atoms with Crippen LogP contribution in [0.3, 0.4) is 0 Å². The molecule has 2 fully saturated rings. The molecule has 2 aromatic rings. The van der Waals surface area contributed by atoms with E-state index >= 15 is 4.39 Å². The number of aromatic carboxylic acids is 1. The highest BCUT2D eigenvalue weighted by Gasteiger charge is 2.44. The van der Waals surface area contributed by atoms with Gasteiger partial charge in [-0.3, -0.25) is 14.5 Å². The van der Waals surface area contributed by atoms with Gasteiger partial charge in [-0.1, -0.05) is 0 Å². The van der Waals surface area contributed by atoms with Crippen LogP contribution < -0.4 is 15.6 Å². The van der Waals surface area contributed by atoms with Crippen molar-refractivity contribution in [2.45, 2.75) is 44.9 Å². The fourth-order valence-electron chi connectivity index (χ4n) is 3.73. The molecule has 1 saturated carbocycles. The third-order valence-electron chi connectivity index (χ3n) is 5.21. The number of rotatable bonds is 4. The second-order valence-electron chi connectivity index (χ2n) is 7.27. The summed E-state index contributed by atoms with van der Waals surface area (Å²) in [7, 11) is 0. The number of nitrogens with zero attached hydrogens (tertiary/aromatic N) is 1. The SMILES string of the molecule is CC(=O)N[C@H]1OC(=O)N(c2c(F)cc3c(=O)c(C(=O)O)c[nH]c3c2C2CC2)C1C. The number of aromatic amines is 1. The first-order chi connectivity index (χ1) is 13.7. The lowest BCUT2D eigenvalue weighted by Crippen LogP contribution is -2.43. The summed E-state index contributed by atoms with van der Waals surface area (Å²) in [4.78, 5) is 51.6. The molecule has 29 heavy (non-hydrogen) atoms. The summed E-state index contributed by atoms with van der Waals surface area (Å²) in [5.41, 5.74) is -0.592. The van der Waals surface area contributed by atoms with Crippen molar-refractivity contribution in [3.63, 3.8) is 0 Å². The van der Waals surface area contributed by atoms with Gasteiger partial charge in [0.2, 0.25) is 11.3 Å². The second-order valence-corrected chi connectivity index (χ2v) is 7.27. The number of hydrogen-bond acceptors (Lipinski definition) is 5. The van der Waals surface area contributed by atoms with Crippen molar-refractivity contribution in [2.24, 2.45) is 0 Å². The molecule has 10 heteroatoms. The van der Waals surface area contributed by atoms with Crippen LogP contribution in [0.2, 0.25) is 0 Å². The number of anilines is 1. The van der Waals surface area contributed by atoms with Crippen LogP contribution in [0.4, 0.5) is 14.9 Å². The number of H-pyrrole nitrogens is 1. The van der Waals surface area contributed by atoms with Crippen molar-refractivity contribution in [3.05, 3.63) is 39.4 Å². The zero-order chi connectivity index (χ0) is 21.0. The fraction of sp³-hybridized carbons (Fsp3) is 0.368. The van der Waals surface area contributed by atoms with Crippen LogP contribution in [0.15, 0.2) is 17.1 Å². The Morgan fingerprint density at radius 1 is 1.34 bits per heavy atom. The van der Waals surface area contributed by atoms with Gasteiger partial charge in [-0.2, -0.15) is 0 Å². The minimum atomic E-state index is -1.42. The maximum Gasteiger partial charge on any atom is 0.416 e. The molecule has 1 aliphatic carbocycles. The molecule has 3 N–H and O–H groups in total. The quantitative estimate of drug-likeness (QED) is 0.717. The lowest BCUT2D eigenvalue weighted by Gasteiger charge is -2.25. The van der Waals surface area contributed by atoms with E-state index in [0.29, 0.717) is 11.1 Å². The van der Waals surface area contributed by atoms with Gasteiger partial charge in [0.25, 0.3) is 0 Å². The molecule has 9 nitrogen and oxygen atoms in total. The number of carboxylic acids is 1. The van der Waals surface area contributed by atoms with E-state index in [1.165, 1.54) is 6.92 Å². The van der Waals surface area contributed by atoms with Gasteiger partial charge in [0, 0.05) is 24.1 Å². The normalized spacial score (nSPS) is 21.3. The largest absolute Gasteiger partial charge is 0.477 e. The van der Waals surface area contributed by atoms with Crippen molar-refractivity contribution in [2.75, 3.05) is 4.90 Å². The summed E-state index contributed by atoms with van der Waals surface area (Å²) in [6, 6.07) is 0.244. The van der Waals surface area contributed by atoms with Gasteiger partial charge in [0.05, 0.1) is 17.2 Å². The predicted molar refractivity (Wildman–Crippen MR) is 99.5 cm³/mol. The molecule has 1 aromatic carbocycles. The molecule has 2 aliphatic rings. The smallest absolute Gasteiger partial charge is 0.416 e. The van der Waals surface area contributed by atoms with E-state index in [4.69, 9.17) is 9.84 Å². The van der Waals surface area contributed by atoms with E-state index in [9.17, 15) is 19.2 Å². The van der Waals surface area contributed by atoms with Crippen LogP contribution in [0.1, 0.15) is 48.5 Å². The minimum absolute atomic E-state index is 0.0240. The van der Waals surface area contributed by atoms with Crippen LogP contribution in [-0.2, 0) is 9.53 Å². The number of carbonyl (C=O) groups excluding carboxylic acids is 2. The molecule has 4 rings (SSSR count). The zero-order valence-electron chi connectivity index (χ0n) is 15.6. The van der Waals surface area contributed by atoms with Crippen LogP contribution in [0, 0.1) is 5.82 Å². The molecule has 152 valence electrons. The Labute approximate surface area is 163 Å². The molecule has 2 heterocycles. The number of amides is 2. The Kier molecular flexibility index (Phi) is 4.29. The van der Waals surface area contributed by atoms with Crippen LogP contribution in [0.25, 0.3) is 10.9 Å². The van der Waals surface area contributed by atoms with Gasteiger partial charge < -0.3 is 20.1 Å². The number of nitrogens with one attached hydrogen (secondary N) is 2. The molecule has 2 amide bonds. The lowest BCUT2D eigenvalue weighted by atomic mass is 9.99. The standard InChI is InChI=1S/C19H18FN3O6/c1-7-17(22-8(2)24)29-19(28)23(7)15-12(20)5-10-14(13(15)9-3-4-9)21-6-11(16(10)25)18(26)27/h5-7,9,17H,3-4H2,1-2H3,(H,21,25)(H,22,24)(H,26,27)/t7?,17-/m0/s1. The number of halogens is 1. The first kappa shape index (κ1) is 18.9. The Hall–Kier alpha value is -3.43. The summed E-state index contributed by atoms with van der Waals surface area (Å²) in [6.45, 7) is 2.89. The lowest BCUT2D eigenvalue weighted by molar-refractivity contribution is -0.121. The molecular weight excluding hydrogens is 385 g/mol. The van der Waals surface area contributed by atoms with E-state index in [1.54, 1.807) is 6.92 Å². The zero-order valence-corrected chi connectivity index (χ0v) is 15.6. The minimum Gasteiger partial charge on any atom is -0.477 e. The Morgan fingerprint density at radius 3 is 2.62 bits per heavy atom. The Morgan fingerprint density at radius 2 is 2.03 bits per heavy atom. The number of fused-ring (bicyclic) bond motifs is 1. The number of carboxylic acid groups (broad SMARTS) is 1. The maximum atomic E-state index is 15.2. The topological polar surface area (TPSA) is 129 Å². The summed E-state index contributed by atoms with van der Waals surface area (Å²) in [5.74, 6) is -2.74. The van der Waals surface area contributed by atoms with Crippen molar-refractivity contribution in [3.8, 4) is 0 Å². The van der Waals surface area contributed by atoms with Crippen molar-refractivity contribution in [1.82, 2.24) is 10.3 Å². The first-order valence-corrected chi connectivity index (χ1v) is 9.08. The van der Waals surface area contributed by atoms with Crippen LogP contribution >= 0.6 is 0 Å². The molecule has 0 bridgehead atoms. The number of cyclic esters (lactones) is 1. The molecule has 2 atom stereocenters. The fourth-order valence-corrected chi connectivity index (χ4v) is 3.73. The van der Waals surface area contributed by atoms with Crippen LogP contribution in [0.5, 0.6) is 0 Å². The number of ether oxygens (including phenoxy) is 1. The average Bonchev–Trinajstić information content (AvgIpc) is 3.42. The van der Waals surface area contributed by atoms with Gasteiger partial charge >= 0.3 is 12.1 Å². The summed E-state index contributed by atoms with van der Waals surface area (Å²) in [6.07, 6.45) is 0.782. The third-order valence-corrected chi connectivity index (χ3v) is 5.21.